The molecule has 0 atom stereocenters. The van der Waals surface area contributed by atoms with Crippen molar-refractivity contribution in [3.8, 4) is 0 Å². The van der Waals surface area contributed by atoms with Crippen LogP contribution in [0.5, 0.6) is 0 Å². The molecule has 0 unspecified atom stereocenters. The monoisotopic (exact) mass is 251 g/mol. The second kappa shape index (κ2) is 6.19. The molecule has 2 rings (SSSR count). The minimum absolute atomic E-state index is 0.101. The molecule has 0 amide bonds. The molecule has 0 aromatic heterocycles. The van der Waals surface area contributed by atoms with E-state index in [1.165, 1.54) is 18.9 Å². The minimum atomic E-state index is -0.213. The summed E-state index contributed by atoms with van der Waals surface area (Å²) in [6.07, 6.45) is 4.86. The maximum Gasteiger partial charge on any atom is 0.146 e. The maximum absolute atomic E-state index is 13.9. The lowest BCUT2D eigenvalue weighted by atomic mass is 9.92. The Morgan fingerprint density at radius 2 is 2.06 bits per heavy atom. The lowest BCUT2D eigenvalue weighted by Gasteiger charge is -2.33. The van der Waals surface area contributed by atoms with E-state index in [4.69, 9.17) is 5.11 Å². The smallest absolute Gasteiger partial charge is 0.146 e. The molecule has 18 heavy (non-hydrogen) atoms. The fourth-order valence-electron chi connectivity index (χ4n) is 2.78. The Morgan fingerprint density at radius 3 is 2.61 bits per heavy atom. The number of rotatable bonds is 4. The van der Waals surface area contributed by atoms with E-state index < -0.39 is 0 Å². The van der Waals surface area contributed by atoms with Gasteiger partial charge in [0, 0.05) is 13.1 Å². The normalized spacial score (nSPS) is 17.2. The predicted octanol–water partition coefficient (Wildman–Crippen LogP) is 3.33. The van der Waals surface area contributed by atoms with Gasteiger partial charge in [0.2, 0.25) is 0 Å². The first-order valence-corrected chi connectivity index (χ1v) is 6.88. The molecule has 1 aromatic carbocycles. The first-order chi connectivity index (χ1) is 8.74. The van der Waals surface area contributed by atoms with Crippen molar-refractivity contribution in [2.75, 3.05) is 18.0 Å². The van der Waals surface area contributed by atoms with Gasteiger partial charge in [-0.15, -0.1) is 0 Å². The fraction of sp³-hybridized carbons (Fsp3) is 0.600. The second-order valence-corrected chi connectivity index (χ2v) is 5.16. The third-order valence-electron chi connectivity index (χ3n) is 3.85. The van der Waals surface area contributed by atoms with Crippen molar-refractivity contribution in [2.24, 2.45) is 5.92 Å². The standard InChI is InChI=1S/C15H22FNO/c1-2-3-12-6-8-17(9-7-12)15-5-4-13(11-18)10-14(15)16/h4-5,10,12,18H,2-3,6-9,11H2,1H3. The van der Waals surface area contributed by atoms with Crippen molar-refractivity contribution >= 4 is 5.69 Å². The third-order valence-corrected chi connectivity index (χ3v) is 3.85. The average molecular weight is 251 g/mol. The van der Waals surface area contributed by atoms with Crippen LogP contribution in [0.4, 0.5) is 10.1 Å². The van der Waals surface area contributed by atoms with Gasteiger partial charge in [-0.1, -0.05) is 25.8 Å². The van der Waals surface area contributed by atoms with Gasteiger partial charge in [-0.3, -0.25) is 0 Å². The Morgan fingerprint density at radius 1 is 1.33 bits per heavy atom. The van der Waals surface area contributed by atoms with Crippen LogP contribution in [-0.2, 0) is 6.61 Å². The maximum atomic E-state index is 13.9. The van der Waals surface area contributed by atoms with Gasteiger partial charge in [0.1, 0.15) is 5.82 Å². The Bertz CT molecular complexity index is 386. The molecular formula is C15H22FNO. The molecule has 0 spiro atoms. The summed E-state index contributed by atoms with van der Waals surface area (Å²) < 4.78 is 13.9. The number of hydrogen-bond acceptors (Lipinski definition) is 2. The average Bonchev–Trinajstić information content (AvgIpc) is 2.40. The van der Waals surface area contributed by atoms with Crippen LogP contribution in [0.2, 0.25) is 0 Å². The summed E-state index contributed by atoms with van der Waals surface area (Å²) in [5.41, 5.74) is 1.32. The molecule has 0 bridgehead atoms. The molecule has 1 saturated heterocycles. The topological polar surface area (TPSA) is 23.5 Å². The first kappa shape index (κ1) is 13.3. The Hall–Kier alpha value is -1.09. The van der Waals surface area contributed by atoms with Crippen molar-refractivity contribution in [2.45, 2.75) is 39.2 Å². The lowest BCUT2D eigenvalue weighted by Crippen LogP contribution is -2.34. The zero-order valence-electron chi connectivity index (χ0n) is 11.0. The SMILES string of the molecule is CCCC1CCN(c2ccc(CO)cc2F)CC1. The molecule has 2 nitrogen and oxygen atoms in total. The van der Waals surface area contributed by atoms with E-state index in [1.807, 2.05) is 0 Å². The molecule has 1 heterocycles. The van der Waals surface area contributed by atoms with Gasteiger partial charge in [0.05, 0.1) is 12.3 Å². The highest BCUT2D eigenvalue weighted by Crippen LogP contribution is 2.28. The van der Waals surface area contributed by atoms with E-state index in [-0.39, 0.29) is 12.4 Å². The Kier molecular flexibility index (Phi) is 4.59. The van der Waals surface area contributed by atoms with Crippen LogP contribution < -0.4 is 4.90 Å². The molecule has 1 aliphatic rings. The van der Waals surface area contributed by atoms with Gasteiger partial charge in [0.25, 0.3) is 0 Å². The fourth-order valence-corrected chi connectivity index (χ4v) is 2.78. The molecule has 0 saturated carbocycles. The number of piperidine rings is 1. The van der Waals surface area contributed by atoms with E-state index >= 15 is 0 Å². The number of aliphatic hydroxyl groups excluding tert-OH is 1. The highest BCUT2D eigenvalue weighted by molar-refractivity contribution is 5.49. The first-order valence-electron chi connectivity index (χ1n) is 6.88. The third kappa shape index (κ3) is 3.02. The highest BCUT2D eigenvalue weighted by Gasteiger charge is 2.20. The molecular weight excluding hydrogens is 229 g/mol. The van der Waals surface area contributed by atoms with Crippen molar-refractivity contribution in [3.63, 3.8) is 0 Å². The van der Waals surface area contributed by atoms with Crippen molar-refractivity contribution in [1.29, 1.82) is 0 Å². The minimum Gasteiger partial charge on any atom is -0.392 e. The van der Waals surface area contributed by atoms with Crippen LogP contribution in [0.3, 0.4) is 0 Å². The van der Waals surface area contributed by atoms with Crippen LogP contribution in [0, 0.1) is 11.7 Å². The number of benzene rings is 1. The Labute approximate surface area is 108 Å². The summed E-state index contributed by atoms with van der Waals surface area (Å²) >= 11 is 0. The van der Waals surface area contributed by atoms with E-state index in [2.05, 4.69) is 11.8 Å². The summed E-state index contributed by atoms with van der Waals surface area (Å²) in [5, 5.41) is 8.98. The zero-order valence-corrected chi connectivity index (χ0v) is 11.0. The molecule has 3 heteroatoms. The highest BCUT2D eigenvalue weighted by atomic mass is 19.1. The summed E-state index contributed by atoms with van der Waals surface area (Å²) in [7, 11) is 0. The summed E-state index contributed by atoms with van der Waals surface area (Å²) in [4.78, 5) is 2.13. The number of halogens is 1. The zero-order chi connectivity index (χ0) is 13.0. The molecule has 0 radical (unpaired) electrons. The number of nitrogens with zero attached hydrogens (tertiary/aromatic N) is 1. The summed E-state index contributed by atoms with van der Waals surface area (Å²) in [5.74, 6) is 0.599. The molecule has 1 aliphatic heterocycles. The van der Waals surface area contributed by atoms with Gasteiger partial charge in [-0.2, -0.15) is 0 Å². The Balaban J connectivity index is 2.01. The van der Waals surface area contributed by atoms with Gasteiger partial charge < -0.3 is 10.0 Å². The largest absolute Gasteiger partial charge is 0.392 e. The number of hydrogen-bond donors (Lipinski definition) is 1. The van der Waals surface area contributed by atoms with Crippen LogP contribution in [0.15, 0.2) is 18.2 Å². The van der Waals surface area contributed by atoms with Crippen LogP contribution in [-0.4, -0.2) is 18.2 Å². The number of aliphatic hydroxyl groups is 1. The van der Waals surface area contributed by atoms with Crippen molar-refractivity contribution in [3.05, 3.63) is 29.6 Å². The second-order valence-electron chi connectivity index (χ2n) is 5.16. The molecule has 0 aliphatic carbocycles. The van der Waals surface area contributed by atoms with Gasteiger partial charge in [0.15, 0.2) is 0 Å². The van der Waals surface area contributed by atoms with E-state index in [9.17, 15) is 4.39 Å². The van der Waals surface area contributed by atoms with Crippen LogP contribution >= 0.6 is 0 Å². The summed E-state index contributed by atoms with van der Waals surface area (Å²) in [6.45, 7) is 4.01. The van der Waals surface area contributed by atoms with E-state index in [0.717, 1.165) is 31.8 Å². The van der Waals surface area contributed by atoms with Gasteiger partial charge in [-0.25, -0.2) is 4.39 Å². The molecule has 1 aromatic rings. The summed E-state index contributed by atoms with van der Waals surface area (Å²) in [6, 6.07) is 5.03. The molecule has 1 N–H and O–H groups in total. The predicted molar refractivity (Wildman–Crippen MR) is 72.2 cm³/mol. The lowest BCUT2D eigenvalue weighted by molar-refractivity contribution is 0.281. The quantitative estimate of drug-likeness (QED) is 0.887. The van der Waals surface area contributed by atoms with Crippen LogP contribution in [0.25, 0.3) is 0 Å². The van der Waals surface area contributed by atoms with Crippen molar-refractivity contribution in [1.82, 2.24) is 0 Å². The van der Waals surface area contributed by atoms with E-state index in [0.29, 0.717) is 11.3 Å². The van der Waals surface area contributed by atoms with Gasteiger partial charge in [-0.05, 0) is 36.5 Å². The molecule has 1 fully saturated rings. The van der Waals surface area contributed by atoms with Crippen LogP contribution in [0.1, 0.15) is 38.2 Å². The van der Waals surface area contributed by atoms with E-state index in [1.54, 1.807) is 12.1 Å². The number of anilines is 1. The molecule has 100 valence electrons. The van der Waals surface area contributed by atoms with Crippen molar-refractivity contribution < 1.29 is 9.50 Å². The van der Waals surface area contributed by atoms with Gasteiger partial charge >= 0.3 is 0 Å².